The van der Waals surface area contributed by atoms with Gasteiger partial charge < -0.3 is 10.6 Å². The predicted octanol–water partition coefficient (Wildman–Crippen LogP) is -0.881. The molecular weight excluding hydrogens is 142 g/mol. The molecule has 2 rings (SSSR count). The van der Waals surface area contributed by atoms with Crippen LogP contribution in [0.4, 0.5) is 0 Å². The first-order chi connectivity index (χ1) is 5.27. The molecule has 0 bridgehead atoms. The molecule has 0 aromatic heterocycles. The second-order valence-corrected chi connectivity index (χ2v) is 2.41. The standard InChI is InChI=1S/C6H9N5/c7-6-5-3-11(8)2-1-10(5)4-9-6/h1-3H,4,8H2,(H2,7,9). The highest BCUT2D eigenvalue weighted by molar-refractivity contribution is 5.98. The van der Waals surface area contributed by atoms with E-state index in [1.165, 1.54) is 5.01 Å². The van der Waals surface area contributed by atoms with Gasteiger partial charge in [-0.15, -0.1) is 0 Å². The largest absolute Gasteiger partial charge is 0.382 e. The van der Waals surface area contributed by atoms with Gasteiger partial charge in [0.25, 0.3) is 0 Å². The Morgan fingerprint density at radius 2 is 2.27 bits per heavy atom. The fourth-order valence-electron chi connectivity index (χ4n) is 1.07. The Balaban J connectivity index is 2.32. The third kappa shape index (κ3) is 0.857. The average molecular weight is 151 g/mol. The Bertz CT molecular complexity index is 264. The molecule has 0 saturated heterocycles. The molecule has 5 heteroatoms. The lowest BCUT2D eigenvalue weighted by molar-refractivity contribution is 0.438. The van der Waals surface area contributed by atoms with Crippen LogP contribution in [0.25, 0.3) is 0 Å². The van der Waals surface area contributed by atoms with E-state index in [9.17, 15) is 0 Å². The summed E-state index contributed by atoms with van der Waals surface area (Å²) in [4.78, 5) is 5.96. The van der Waals surface area contributed by atoms with Crippen molar-refractivity contribution < 1.29 is 0 Å². The van der Waals surface area contributed by atoms with Gasteiger partial charge in [-0.1, -0.05) is 0 Å². The van der Waals surface area contributed by atoms with Gasteiger partial charge in [-0.2, -0.15) is 0 Å². The zero-order chi connectivity index (χ0) is 7.84. The number of hydrazine groups is 1. The smallest absolute Gasteiger partial charge is 0.146 e. The maximum absolute atomic E-state index is 5.58. The van der Waals surface area contributed by atoms with Crippen molar-refractivity contribution in [2.45, 2.75) is 0 Å². The first-order valence-corrected chi connectivity index (χ1v) is 3.27. The fourth-order valence-corrected chi connectivity index (χ4v) is 1.07. The SMILES string of the molecule is NC1=NCN2C=CN(N)C=C12. The molecule has 0 aromatic carbocycles. The van der Waals surface area contributed by atoms with Gasteiger partial charge in [-0.05, 0) is 0 Å². The minimum absolute atomic E-state index is 0.546. The third-order valence-electron chi connectivity index (χ3n) is 1.66. The number of aliphatic imine (C=N–C) groups is 1. The zero-order valence-corrected chi connectivity index (χ0v) is 5.94. The normalized spacial score (nSPS) is 21.5. The van der Waals surface area contributed by atoms with E-state index >= 15 is 0 Å². The van der Waals surface area contributed by atoms with Gasteiger partial charge in [-0.3, -0.25) is 5.01 Å². The van der Waals surface area contributed by atoms with Crippen LogP contribution in [0.3, 0.4) is 0 Å². The lowest BCUT2D eigenvalue weighted by Gasteiger charge is -2.21. The summed E-state index contributed by atoms with van der Waals surface area (Å²) in [6, 6.07) is 0. The van der Waals surface area contributed by atoms with E-state index in [4.69, 9.17) is 11.6 Å². The predicted molar refractivity (Wildman–Crippen MR) is 41.6 cm³/mol. The molecule has 4 N–H and O–H groups in total. The molecule has 0 radical (unpaired) electrons. The summed E-state index contributed by atoms with van der Waals surface area (Å²) in [7, 11) is 0. The summed E-state index contributed by atoms with van der Waals surface area (Å²) in [5.41, 5.74) is 6.45. The molecule has 58 valence electrons. The molecule has 0 fully saturated rings. The molecule has 2 aliphatic rings. The molecule has 11 heavy (non-hydrogen) atoms. The first kappa shape index (κ1) is 6.23. The molecule has 2 heterocycles. The van der Waals surface area contributed by atoms with Crippen LogP contribution in [0.5, 0.6) is 0 Å². The molecule has 0 saturated carbocycles. The van der Waals surface area contributed by atoms with Crippen molar-refractivity contribution in [3.8, 4) is 0 Å². The summed E-state index contributed by atoms with van der Waals surface area (Å²) in [5.74, 6) is 6.03. The van der Waals surface area contributed by atoms with Crippen molar-refractivity contribution in [1.82, 2.24) is 9.91 Å². The van der Waals surface area contributed by atoms with E-state index < -0.39 is 0 Å². The van der Waals surface area contributed by atoms with Crippen molar-refractivity contribution in [2.75, 3.05) is 6.67 Å². The highest BCUT2D eigenvalue weighted by Crippen LogP contribution is 2.16. The van der Waals surface area contributed by atoms with Gasteiger partial charge in [0.05, 0.1) is 0 Å². The lowest BCUT2D eigenvalue weighted by atomic mass is 10.4. The van der Waals surface area contributed by atoms with Crippen LogP contribution in [0, 0.1) is 0 Å². The van der Waals surface area contributed by atoms with E-state index in [0.717, 1.165) is 5.70 Å². The van der Waals surface area contributed by atoms with Crippen molar-refractivity contribution in [2.24, 2.45) is 16.6 Å². The number of nitrogens with zero attached hydrogens (tertiary/aromatic N) is 3. The van der Waals surface area contributed by atoms with Crippen LogP contribution >= 0.6 is 0 Å². The first-order valence-electron chi connectivity index (χ1n) is 3.27. The number of amidine groups is 1. The quantitative estimate of drug-likeness (QED) is 0.441. The molecule has 0 aliphatic carbocycles. The van der Waals surface area contributed by atoms with E-state index in [-0.39, 0.29) is 0 Å². The highest BCUT2D eigenvalue weighted by Gasteiger charge is 2.19. The van der Waals surface area contributed by atoms with Gasteiger partial charge in [0.15, 0.2) is 0 Å². The number of hydrogen-bond acceptors (Lipinski definition) is 5. The average Bonchev–Trinajstić information content (AvgIpc) is 2.33. The summed E-state index contributed by atoms with van der Waals surface area (Å²) < 4.78 is 0. The maximum atomic E-state index is 5.58. The van der Waals surface area contributed by atoms with Gasteiger partial charge in [0.2, 0.25) is 0 Å². The highest BCUT2D eigenvalue weighted by atomic mass is 15.4. The van der Waals surface area contributed by atoms with Gasteiger partial charge in [0.1, 0.15) is 18.2 Å². The summed E-state index contributed by atoms with van der Waals surface area (Å²) in [5, 5.41) is 1.46. The fraction of sp³-hybridized carbons (Fsp3) is 0.167. The monoisotopic (exact) mass is 151 g/mol. The molecule has 0 spiro atoms. The zero-order valence-electron chi connectivity index (χ0n) is 5.94. The molecule has 0 aromatic rings. The Kier molecular flexibility index (Phi) is 1.13. The molecule has 0 atom stereocenters. The second kappa shape index (κ2) is 2.00. The van der Waals surface area contributed by atoms with Crippen LogP contribution in [-0.2, 0) is 0 Å². The summed E-state index contributed by atoms with van der Waals surface area (Å²) in [6.07, 6.45) is 5.34. The Morgan fingerprint density at radius 3 is 3.09 bits per heavy atom. The second-order valence-electron chi connectivity index (χ2n) is 2.41. The van der Waals surface area contributed by atoms with Crippen molar-refractivity contribution in [1.29, 1.82) is 0 Å². The number of nitrogens with two attached hydrogens (primary N) is 2. The van der Waals surface area contributed by atoms with Crippen molar-refractivity contribution >= 4 is 5.84 Å². The van der Waals surface area contributed by atoms with Gasteiger partial charge in [0, 0.05) is 18.6 Å². The van der Waals surface area contributed by atoms with Crippen LogP contribution in [-0.4, -0.2) is 22.4 Å². The summed E-state index contributed by atoms with van der Waals surface area (Å²) >= 11 is 0. The maximum Gasteiger partial charge on any atom is 0.146 e. The van der Waals surface area contributed by atoms with Crippen LogP contribution in [0.1, 0.15) is 0 Å². The molecule has 0 amide bonds. The number of hydrogen-bond donors (Lipinski definition) is 2. The van der Waals surface area contributed by atoms with Crippen LogP contribution in [0.2, 0.25) is 0 Å². The van der Waals surface area contributed by atoms with E-state index in [1.807, 2.05) is 11.1 Å². The van der Waals surface area contributed by atoms with E-state index in [2.05, 4.69) is 4.99 Å². The number of fused-ring (bicyclic) bond motifs is 1. The van der Waals surface area contributed by atoms with Crippen LogP contribution < -0.4 is 11.6 Å². The lowest BCUT2D eigenvalue weighted by Crippen LogP contribution is -2.30. The Labute approximate surface area is 64.2 Å². The molecular formula is C6H9N5. The Hall–Kier alpha value is -1.49. The minimum Gasteiger partial charge on any atom is -0.382 e. The molecule has 5 nitrogen and oxygen atoms in total. The van der Waals surface area contributed by atoms with Gasteiger partial charge in [-0.25, -0.2) is 10.8 Å². The molecule has 2 aliphatic heterocycles. The van der Waals surface area contributed by atoms with E-state index in [0.29, 0.717) is 12.5 Å². The van der Waals surface area contributed by atoms with Crippen LogP contribution in [0.15, 0.2) is 29.3 Å². The topological polar surface area (TPSA) is 70.9 Å². The third-order valence-corrected chi connectivity index (χ3v) is 1.66. The summed E-state index contributed by atoms with van der Waals surface area (Å²) in [6.45, 7) is 0.599. The van der Waals surface area contributed by atoms with Gasteiger partial charge >= 0.3 is 0 Å². The molecule has 0 unspecified atom stereocenters. The van der Waals surface area contributed by atoms with Crippen molar-refractivity contribution in [3.05, 3.63) is 24.3 Å². The number of rotatable bonds is 0. The Morgan fingerprint density at radius 1 is 1.45 bits per heavy atom. The van der Waals surface area contributed by atoms with Crippen molar-refractivity contribution in [3.63, 3.8) is 0 Å². The van der Waals surface area contributed by atoms with E-state index in [1.54, 1.807) is 12.4 Å². The minimum atomic E-state index is 0.546.